The van der Waals surface area contributed by atoms with Crippen molar-refractivity contribution in [3.8, 4) is 11.8 Å². The molecule has 0 aliphatic rings. The lowest BCUT2D eigenvalue weighted by atomic mass is 9.93. The van der Waals surface area contributed by atoms with E-state index in [0.717, 1.165) is 11.1 Å². The Morgan fingerprint density at radius 2 is 1.60 bits per heavy atom. The number of benzene rings is 2. The predicted octanol–water partition coefficient (Wildman–Crippen LogP) is 2.54. The van der Waals surface area contributed by atoms with Crippen molar-refractivity contribution in [3.05, 3.63) is 71.8 Å². The first kappa shape index (κ1) is 14.3. The molecule has 2 aromatic rings. The highest BCUT2D eigenvalue weighted by Gasteiger charge is 2.23. The van der Waals surface area contributed by atoms with Gasteiger partial charge in [0.05, 0.1) is 18.7 Å². The fraction of sp³-hybridized carbons (Fsp3) is 0.222. The standard InChI is InChI=1S/C18H19NO/c1-18(15-20,17-12-6-3-7-13-17)19-14-8-11-16-9-4-2-5-10-16/h2-7,9-10,12-13,19-20H,14-15H2,1H3. The van der Waals surface area contributed by atoms with Crippen LogP contribution in [-0.2, 0) is 5.54 Å². The Kier molecular flexibility index (Phi) is 4.95. The summed E-state index contributed by atoms with van der Waals surface area (Å²) in [6.07, 6.45) is 0. The van der Waals surface area contributed by atoms with Gasteiger partial charge >= 0.3 is 0 Å². The number of rotatable bonds is 4. The van der Waals surface area contributed by atoms with Gasteiger partial charge in [0, 0.05) is 5.56 Å². The van der Waals surface area contributed by atoms with Crippen LogP contribution < -0.4 is 5.32 Å². The third-order valence-corrected chi connectivity index (χ3v) is 3.30. The van der Waals surface area contributed by atoms with Crippen LogP contribution >= 0.6 is 0 Å². The molecule has 0 radical (unpaired) electrons. The molecular formula is C18H19NO. The van der Waals surface area contributed by atoms with Crippen molar-refractivity contribution in [1.29, 1.82) is 0 Å². The van der Waals surface area contributed by atoms with Crippen LogP contribution in [-0.4, -0.2) is 18.3 Å². The molecule has 20 heavy (non-hydrogen) atoms. The summed E-state index contributed by atoms with van der Waals surface area (Å²) in [5.41, 5.74) is 1.59. The highest BCUT2D eigenvalue weighted by molar-refractivity contribution is 5.34. The molecule has 0 amide bonds. The second kappa shape index (κ2) is 6.91. The molecule has 2 N–H and O–H groups in total. The summed E-state index contributed by atoms with van der Waals surface area (Å²) < 4.78 is 0. The first-order valence-corrected chi connectivity index (χ1v) is 6.70. The Labute approximate surface area is 120 Å². The summed E-state index contributed by atoms with van der Waals surface area (Å²) in [4.78, 5) is 0. The number of aliphatic hydroxyl groups is 1. The van der Waals surface area contributed by atoms with Crippen LogP contribution in [0.4, 0.5) is 0 Å². The summed E-state index contributed by atoms with van der Waals surface area (Å²) in [7, 11) is 0. The zero-order chi connectivity index (χ0) is 14.3. The van der Waals surface area contributed by atoms with E-state index in [-0.39, 0.29) is 6.61 Å². The number of hydrogen-bond acceptors (Lipinski definition) is 2. The largest absolute Gasteiger partial charge is 0.394 e. The summed E-state index contributed by atoms with van der Waals surface area (Å²) in [6, 6.07) is 19.8. The van der Waals surface area contributed by atoms with Gasteiger partial charge < -0.3 is 5.11 Å². The van der Waals surface area contributed by atoms with Crippen molar-refractivity contribution < 1.29 is 5.11 Å². The Bertz CT molecular complexity index is 583. The van der Waals surface area contributed by atoms with Gasteiger partial charge in [0.15, 0.2) is 0 Å². The maximum absolute atomic E-state index is 9.64. The lowest BCUT2D eigenvalue weighted by Crippen LogP contribution is -2.43. The molecule has 0 saturated carbocycles. The molecule has 0 aliphatic carbocycles. The van der Waals surface area contributed by atoms with E-state index < -0.39 is 5.54 Å². The second-order valence-electron chi connectivity index (χ2n) is 4.88. The molecule has 102 valence electrons. The van der Waals surface area contributed by atoms with Crippen molar-refractivity contribution >= 4 is 0 Å². The maximum Gasteiger partial charge on any atom is 0.0652 e. The highest BCUT2D eigenvalue weighted by atomic mass is 16.3. The summed E-state index contributed by atoms with van der Waals surface area (Å²) in [5.74, 6) is 6.19. The average molecular weight is 265 g/mol. The molecule has 0 heterocycles. The molecule has 0 saturated heterocycles. The number of nitrogens with one attached hydrogen (secondary N) is 1. The third kappa shape index (κ3) is 3.71. The first-order chi connectivity index (χ1) is 9.74. The van der Waals surface area contributed by atoms with E-state index in [2.05, 4.69) is 17.2 Å². The molecule has 0 bridgehead atoms. The fourth-order valence-corrected chi connectivity index (χ4v) is 1.96. The van der Waals surface area contributed by atoms with E-state index in [1.54, 1.807) is 0 Å². The topological polar surface area (TPSA) is 32.3 Å². The van der Waals surface area contributed by atoms with Crippen molar-refractivity contribution in [2.45, 2.75) is 12.5 Å². The Morgan fingerprint density at radius 1 is 1.00 bits per heavy atom. The van der Waals surface area contributed by atoms with E-state index in [9.17, 15) is 5.11 Å². The SMILES string of the molecule is CC(CO)(NCC#Cc1ccccc1)c1ccccc1. The lowest BCUT2D eigenvalue weighted by Gasteiger charge is -2.28. The second-order valence-corrected chi connectivity index (χ2v) is 4.88. The summed E-state index contributed by atoms with van der Waals surface area (Å²) in [6.45, 7) is 2.54. The molecule has 2 nitrogen and oxygen atoms in total. The van der Waals surface area contributed by atoms with Crippen LogP contribution in [0, 0.1) is 11.8 Å². The molecule has 0 spiro atoms. The molecular weight excluding hydrogens is 246 g/mol. The zero-order valence-electron chi connectivity index (χ0n) is 11.6. The van der Waals surface area contributed by atoms with Gasteiger partial charge in [-0.2, -0.15) is 0 Å². The molecule has 2 rings (SSSR count). The smallest absolute Gasteiger partial charge is 0.0652 e. The minimum atomic E-state index is -0.466. The van der Waals surface area contributed by atoms with Gasteiger partial charge in [-0.3, -0.25) is 5.32 Å². The quantitative estimate of drug-likeness (QED) is 0.833. The van der Waals surface area contributed by atoms with Crippen LogP contribution in [0.15, 0.2) is 60.7 Å². The van der Waals surface area contributed by atoms with Crippen molar-refractivity contribution in [2.24, 2.45) is 0 Å². The Hall–Kier alpha value is -2.08. The van der Waals surface area contributed by atoms with Gasteiger partial charge in [-0.15, -0.1) is 0 Å². The predicted molar refractivity (Wildman–Crippen MR) is 82.2 cm³/mol. The lowest BCUT2D eigenvalue weighted by molar-refractivity contribution is 0.180. The highest BCUT2D eigenvalue weighted by Crippen LogP contribution is 2.19. The van der Waals surface area contributed by atoms with Crippen molar-refractivity contribution in [1.82, 2.24) is 5.32 Å². The van der Waals surface area contributed by atoms with E-state index in [0.29, 0.717) is 6.54 Å². The fourth-order valence-electron chi connectivity index (χ4n) is 1.96. The van der Waals surface area contributed by atoms with Gasteiger partial charge in [0.2, 0.25) is 0 Å². The molecule has 0 aromatic heterocycles. The van der Waals surface area contributed by atoms with Crippen molar-refractivity contribution in [3.63, 3.8) is 0 Å². The van der Waals surface area contributed by atoms with Crippen LogP contribution in [0.25, 0.3) is 0 Å². The Morgan fingerprint density at radius 3 is 2.20 bits per heavy atom. The molecule has 0 fully saturated rings. The molecule has 1 atom stereocenters. The summed E-state index contributed by atoms with van der Waals surface area (Å²) in [5, 5.41) is 13.0. The van der Waals surface area contributed by atoms with E-state index >= 15 is 0 Å². The number of aliphatic hydroxyl groups excluding tert-OH is 1. The van der Waals surface area contributed by atoms with Gasteiger partial charge in [-0.05, 0) is 24.6 Å². The molecule has 0 aliphatic heterocycles. The first-order valence-electron chi connectivity index (χ1n) is 6.70. The average Bonchev–Trinajstić information content (AvgIpc) is 2.53. The monoisotopic (exact) mass is 265 g/mol. The van der Waals surface area contributed by atoms with E-state index in [1.165, 1.54) is 0 Å². The molecule has 2 aromatic carbocycles. The minimum Gasteiger partial charge on any atom is -0.394 e. The molecule has 1 unspecified atom stereocenters. The van der Waals surface area contributed by atoms with Crippen LogP contribution in [0.5, 0.6) is 0 Å². The van der Waals surface area contributed by atoms with Gasteiger partial charge in [-0.25, -0.2) is 0 Å². The van der Waals surface area contributed by atoms with Gasteiger partial charge in [0.25, 0.3) is 0 Å². The minimum absolute atomic E-state index is 0.0318. The van der Waals surface area contributed by atoms with Crippen LogP contribution in [0.2, 0.25) is 0 Å². The molecule has 2 heteroatoms. The van der Waals surface area contributed by atoms with Gasteiger partial charge in [0.1, 0.15) is 0 Å². The number of hydrogen-bond donors (Lipinski definition) is 2. The van der Waals surface area contributed by atoms with Crippen LogP contribution in [0.3, 0.4) is 0 Å². The summed E-state index contributed by atoms with van der Waals surface area (Å²) >= 11 is 0. The van der Waals surface area contributed by atoms with E-state index in [4.69, 9.17) is 0 Å². The van der Waals surface area contributed by atoms with Crippen molar-refractivity contribution in [2.75, 3.05) is 13.2 Å². The zero-order valence-corrected chi connectivity index (χ0v) is 11.6. The van der Waals surface area contributed by atoms with E-state index in [1.807, 2.05) is 67.6 Å². The Balaban J connectivity index is 2.00. The van der Waals surface area contributed by atoms with Crippen LogP contribution in [0.1, 0.15) is 18.1 Å². The third-order valence-electron chi connectivity index (χ3n) is 3.30. The normalized spacial score (nSPS) is 13.1. The van der Waals surface area contributed by atoms with Gasteiger partial charge in [-0.1, -0.05) is 60.4 Å². The maximum atomic E-state index is 9.64.